The van der Waals surface area contributed by atoms with Crippen LogP contribution in [-0.4, -0.2) is 38.8 Å². The van der Waals surface area contributed by atoms with Crippen molar-refractivity contribution in [1.29, 1.82) is 0 Å². The van der Waals surface area contributed by atoms with Crippen LogP contribution in [0.5, 0.6) is 0 Å². The van der Waals surface area contributed by atoms with E-state index in [2.05, 4.69) is 24.5 Å². The Morgan fingerprint density at radius 3 is 2.69 bits per heavy atom. The van der Waals surface area contributed by atoms with Crippen LogP contribution in [0.2, 0.25) is 0 Å². The van der Waals surface area contributed by atoms with Crippen LogP contribution < -0.4 is 10.6 Å². The minimum absolute atomic E-state index is 0.0514. The molecule has 0 aromatic rings. The first-order valence-electron chi connectivity index (χ1n) is 5.97. The maximum Gasteiger partial charge on any atom is 0.236 e. The van der Waals surface area contributed by atoms with E-state index in [4.69, 9.17) is 4.74 Å². The first-order valence-corrected chi connectivity index (χ1v) is 5.97. The highest BCUT2D eigenvalue weighted by atomic mass is 16.5. The molecular weight excluding hydrogens is 204 g/mol. The second kappa shape index (κ2) is 5.64. The van der Waals surface area contributed by atoms with Crippen LogP contribution in [0.4, 0.5) is 0 Å². The lowest BCUT2D eigenvalue weighted by Crippen LogP contribution is -2.44. The van der Waals surface area contributed by atoms with Crippen molar-refractivity contribution in [3.63, 3.8) is 0 Å². The summed E-state index contributed by atoms with van der Waals surface area (Å²) < 4.78 is 4.87. The fourth-order valence-corrected chi connectivity index (χ4v) is 1.77. The van der Waals surface area contributed by atoms with Crippen LogP contribution in [0, 0.1) is 11.3 Å². The summed E-state index contributed by atoms with van der Waals surface area (Å²) in [6.45, 7) is 8.51. The Morgan fingerprint density at radius 2 is 2.19 bits per heavy atom. The van der Waals surface area contributed by atoms with E-state index in [1.54, 1.807) is 7.11 Å². The minimum atomic E-state index is -0.117. The molecule has 0 aliphatic heterocycles. The number of hydrogen-bond acceptors (Lipinski definition) is 3. The zero-order valence-electron chi connectivity index (χ0n) is 10.8. The standard InChI is InChI=1S/C12H24N2O2/c1-9(11(15)13-5-6-16-4)14-8-10-7-12(10,2)3/h9-10,14H,5-8H2,1-4H3,(H,13,15). The Morgan fingerprint density at radius 1 is 1.56 bits per heavy atom. The van der Waals surface area contributed by atoms with E-state index in [1.807, 2.05) is 6.92 Å². The summed E-state index contributed by atoms with van der Waals surface area (Å²) in [5.74, 6) is 0.775. The molecule has 1 aliphatic rings. The number of amides is 1. The molecule has 0 aromatic heterocycles. The smallest absolute Gasteiger partial charge is 0.236 e. The summed E-state index contributed by atoms with van der Waals surface area (Å²) in [6, 6.07) is -0.117. The number of rotatable bonds is 7. The van der Waals surface area contributed by atoms with Crippen LogP contribution in [0.25, 0.3) is 0 Å². The maximum atomic E-state index is 11.6. The van der Waals surface area contributed by atoms with E-state index in [0.29, 0.717) is 18.6 Å². The Bertz CT molecular complexity index is 241. The summed E-state index contributed by atoms with van der Waals surface area (Å²) in [6.07, 6.45) is 1.26. The van der Waals surface area contributed by atoms with Crippen LogP contribution in [0.3, 0.4) is 0 Å². The maximum absolute atomic E-state index is 11.6. The molecule has 16 heavy (non-hydrogen) atoms. The van der Waals surface area contributed by atoms with E-state index in [9.17, 15) is 4.79 Å². The van der Waals surface area contributed by atoms with Gasteiger partial charge in [-0.05, 0) is 31.2 Å². The molecule has 0 bridgehead atoms. The van der Waals surface area contributed by atoms with Crippen molar-refractivity contribution in [2.75, 3.05) is 26.8 Å². The molecule has 1 amide bonds. The third-order valence-corrected chi connectivity index (χ3v) is 3.39. The molecule has 2 unspecified atom stereocenters. The lowest BCUT2D eigenvalue weighted by atomic mass is 10.1. The molecule has 0 aromatic carbocycles. The van der Waals surface area contributed by atoms with Gasteiger partial charge in [0.1, 0.15) is 0 Å². The van der Waals surface area contributed by atoms with Gasteiger partial charge < -0.3 is 15.4 Å². The van der Waals surface area contributed by atoms with Crippen LogP contribution >= 0.6 is 0 Å². The average Bonchev–Trinajstić information content (AvgIpc) is 2.83. The molecule has 1 saturated carbocycles. The molecule has 0 saturated heterocycles. The summed E-state index contributed by atoms with van der Waals surface area (Å²) >= 11 is 0. The van der Waals surface area contributed by atoms with Crippen LogP contribution in [-0.2, 0) is 9.53 Å². The molecule has 2 N–H and O–H groups in total. The Balaban J connectivity index is 2.10. The van der Waals surface area contributed by atoms with Gasteiger partial charge in [0, 0.05) is 13.7 Å². The summed E-state index contributed by atoms with van der Waals surface area (Å²) in [4.78, 5) is 11.6. The number of nitrogens with one attached hydrogen (secondary N) is 2. The predicted molar refractivity (Wildman–Crippen MR) is 64.2 cm³/mol. The second-order valence-corrected chi connectivity index (χ2v) is 5.30. The number of ether oxygens (including phenoxy) is 1. The Labute approximate surface area is 98.1 Å². The van der Waals surface area contributed by atoms with E-state index in [-0.39, 0.29) is 11.9 Å². The lowest BCUT2D eigenvalue weighted by molar-refractivity contribution is -0.122. The third-order valence-electron chi connectivity index (χ3n) is 3.39. The normalized spacial score (nSPS) is 23.9. The highest BCUT2D eigenvalue weighted by molar-refractivity contribution is 5.81. The van der Waals surface area contributed by atoms with E-state index in [1.165, 1.54) is 6.42 Å². The molecule has 0 spiro atoms. The number of methoxy groups -OCH3 is 1. The average molecular weight is 228 g/mol. The quantitative estimate of drug-likeness (QED) is 0.633. The van der Waals surface area contributed by atoms with E-state index < -0.39 is 0 Å². The van der Waals surface area contributed by atoms with Crippen molar-refractivity contribution in [3.05, 3.63) is 0 Å². The largest absolute Gasteiger partial charge is 0.383 e. The molecule has 1 rings (SSSR count). The van der Waals surface area contributed by atoms with Crippen molar-refractivity contribution in [3.8, 4) is 0 Å². The first-order chi connectivity index (χ1) is 7.47. The van der Waals surface area contributed by atoms with Gasteiger partial charge in [-0.25, -0.2) is 0 Å². The van der Waals surface area contributed by atoms with Crippen LogP contribution in [0.1, 0.15) is 27.2 Å². The van der Waals surface area contributed by atoms with Gasteiger partial charge in [0.25, 0.3) is 0 Å². The number of carbonyl (C=O) groups is 1. The van der Waals surface area contributed by atoms with Crippen molar-refractivity contribution in [2.24, 2.45) is 11.3 Å². The first kappa shape index (κ1) is 13.5. The fourth-order valence-electron chi connectivity index (χ4n) is 1.77. The fraction of sp³-hybridized carbons (Fsp3) is 0.917. The molecular formula is C12H24N2O2. The van der Waals surface area contributed by atoms with Gasteiger partial charge in [-0.15, -0.1) is 0 Å². The van der Waals surface area contributed by atoms with Gasteiger partial charge in [-0.3, -0.25) is 4.79 Å². The molecule has 1 fully saturated rings. The summed E-state index contributed by atoms with van der Waals surface area (Å²) in [7, 11) is 1.63. The number of hydrogen-bond donors (Lipinski definition) is 2. The van der Waals surface area contributed by atoms with Crippen LogP contribution in [0.15, 0.2) is 0 Å². The topological polar surface area (TPSA) is 50.4 Å². The van der Waals surface area contributed by atoms with Gasteiger partial charge in [0.15, 0.2) is 0 Å². The summed E-state index contributed by atoms with van der Waals surface area (Å²) in [5, 5.41) is 6.10. The second-order valence-electron chi connectivity index (χ2n) is 5.30. The van der Waals surface area contributed by atoms with Gasteiger partial charge in [0.05, 0.1) is 12.6 Å². The highest BCUT2D eigenvalue weighted by Crippen LogP contribution is 2.50. The Kier molecular flexibility index (Phi) is 4.74. The number of carbonyl (C=O) groups excluding carboxylic acids is 1. The molecule has 4 heteroatoms. The molecule has 0 radical (unpaired) electrons. The summed E-state index contributed by atoms with van der Waals surface area (Å²) in [5.41, 5.74) is 0.471. The molecule has 1 aliphatic carbocycles. The van der Waals surface area contributed by atoms with E-state index in [0.717, 1.165) is 12.5 Å². The molecule has 94 valence electrons. The van der Waals surface area contributed by atoms with E-state index >= 15 is 0 Å². The van der Waals surface area contributed by atoms with Crippen molar-refractivity contribution in [1.82, 2.24) is 10.6 Å². The predicted octanol–water partition coefficient (Wildman–Crippen LogP) is 0.773. The van der Waals surface area contributed by atoms with Crippen molar-refractivity contribution in [2.45, 2.75) is 33.2 Å². The van der Waals surface area contributed by atoms with Gasteiger partial charge in [-0.2, -0.15) is 0 Å². The minimum Gasteiger partial charge on any atom is -0.383 e. The Hall–Kier alpha value is -0.610. The third kappa shape index (κ3) is 4.10. The molecule has 0 heterocycles. The molecule has 4 nitrogen and oxygen atoms in total. The van der Waals surface area contributed by atoms with Crippen molar-refractivity contribution >= 4 is 5.91 Å². The zero-order valence-corrected chi connectivity index (χ0v) is 10.8. The van der Waals surface area contributed by atoms with Gasteiger partial charge >= 0.3 is 0 Å². The van der Waals surface area contributed by atoms with Gasteiger partial charge in [-0.1, -0.05) is 13.8 Å². The zero-order chi connectivity index (χ0) is 12.2. The monoisotopic (exact) mass is 228 g/mol. The highest BCUT2D eigenvalue weighted by Gasteiger charge is 2.45. The van der Waals surface area contributed by atoms with Crippen molar-refractivity contribution < 1.29 is 9.53 Å². The SMILES string of the molecule is COCCNC(=O)C(C)NCC1CC1(C)C. The molecule has 2 atom stereocenters. The lowest BCUT2D eigenvalue weighted by Gasteiger charge is -2.14. The van der Waals surface area contributed by atoms with Gasteiger partial charge in [0.2, 0.25) is 5.91 Å².